The maximum absolute atomic E-state index is 10.0. The summed E-state index contributed by atoms with van der Waals surface area (Å²) in [5.41, 5.74) is 1.29. The number of aryl methyl sites for hydroxylation is 2. The van der Waals surface area contributed by atoms with Gasteiger partial charge in [0.15, 0.2) is 0 Å². The Kier molecular flexibility index (Phi) is 4.21. The van der Waals surface area contributed by atoms with Crippen molar-refractivity contribution in [3.05, 3.63) is 18.0 Å². The van der Waals surface area contributed by atoms with Crippen LogP contribution in [0.15, 0.2) is 12.4 Å². The SMILES string of the molecule is CCC1CCC(O)C(CCc2cnn(C)c2)C1. The van der Waals surface area contributed by atoms with Crippen LogP contribution in [0, 0.1) is 11.8 Å². The number of nitrogens with zero attached hydrogens (tertiary/aromatic N) is 2. The molecule has 0 saturated heterocycles. The van der Waals surface area contributed by atoms with Gasteiger partial charge >= 0.3 is 0 Å². The zero-order chi connectivity index (χ0) is 12.3. The highest BCUT2D eigenvalue weighted by atomic mass is 16.3. The molecule has 1 aromatic rings. The van der Waals surface area contributed by atoms with Crippen LogP contribution < -0.4 is 0 Å². The maximum Gasteiger partial charge on any atom is 0.0568 e. The average Bonchev–Trinajstić information content (AvgIpc) is 2.74. The quantitative estimate of drug-likeness (QED) is 0.872. The van der Waals surface area contributed by atoms with Gasteiger partial charge in [0, 0.05) is 13.2 Å². The second-order valence-corrected chi connectivity index (χ2v) is 5.48. The van der Waals surface area contributed by atoms with Crippen molar-refractivity contribution in [3.8, 4) is 0 Å². The molecule has 3 nitrogen and oxygen atoms in total. The minimum absolute atomic E-state index is 0.0746. The first-order valence-corrected chi connectivity index (χ1v) is 6.84. The number of rotatable bonds is 4. The summed E-state index contributed by atoms with van der Waals surface area (Å²) in [7, 11) is 1.95. The average molecular weight is 236 g/mol. The van der Waals surface area contributed by atoms with E-state index in [0.29, 0.717) is 5.92 Å². The van der Waals surface area contributed by atoms with E-state index < -0.39 is 0 Å². The molecule has 1 N–H and O–H groups in total. The second-order valence-electron chi connectivity index (χ2n) is 5.48. The predicted molar refractivity (Wildman–Crippen MR) is 68.7 cm³/mol. The van der Waals surface area contributed by atoms with E-state index in [0.717, 1.165) is 25.2 Å². The van der Waals surface area contributed by atoms with Gasteiger partial charge in [0.05, 0.1) is 12.3 Å². The van der Waals surface area contributed by atoms with Crippen LogP contribution in [-0.2, 0) is 13.5 Å². The van der Waals surface area contributed by atoms with Crippen LogP contribution in [0.4, 0.5) is 0 Å². The minimum Gasteiger partial charge on any atom is -0.393 e. The fourth-order valence-corrected chi connectivity index (χ4v) is 2.98. The fraction of sp³-hybridized carbons (Fsp3) is 0.786. The molecule has 1 saturated carbocycles. The summed E-state index contributed by atoms with van der Waals surface area (Å²) in [4.78, 5) is 0. The van der Waals surface area contributed by atoms with Crippen LogP contribution in [0.25, 0.3) is 0 Å². The Labute approximate surface area is 104 Å². The Morgan fingerprint density at radius 3 is 2.94 bits per heavy atom. The Hall–Kier alpha value is -0.830. The molecule has 3 heteroatoms. The molecule has 0 bridgehead atoms. The Balaban J connectivity index is 1.84. The number of hydrogen-bond acceptors (Lipinski definition) is 2. The van der Waals surface area contributed by atoms with Gasteiger partial charge < -0.3 is 5.11 Å². The molecule has 3 atom stereocenters. The van der Waals surface area contributed by atoms with Crippen molar-refractivity contribution >= 4 is 0 Å². The van der Waals surface area contributed by atoms with Gasteiger partial charge in [0.2, 0.25) is 0 Å². The van der Waals surface area contributed by atoms with Gasteiger partial charge in [-0.3, -0.25) is 4.68 Å². The molecule has 1 aliphatic rings. The van der Waals surface area contributed by atoms with Crippen molar-refractivity contribution in [2.75, 3.05) is 0 Å². The third-order valence-electron chi connectivity index (χ3n) is 4.19. The van der Waals surface area contributed by atoms with Gasteiger partial charge in [0.1, 0.15) is 0 Å². The van der Waals surface area contributed by atoms with Gasteiger partial charge in [-0.2, -0.15) is 5.10 Å². The lowest BCUT2D eigenvalue weighted by molar-refractivity contribution is 0.0432. The molecule has 0 aliphatic heterocycles. The number of aliphatic hydroxyl groups is 1. The van der Waals surface area contributed by atoms with E-state index in [2.05, 4.69) is 18.2 Å². The number of aliphatic hydroxyl groups excluding tert-OH is 1. The molecule has 1 aromatic heterocycles. The van der Waals surface area contributed by atoms with Crippen LogP contribution in [0.1, 0.15) is 44.6 Å². The molecule has 0 spiro atoms. The molecule has 2 rings (SSSR count). The highest BCUT2D eigenvalue weighted by Crippen LogP contribution is 2.33. The summed E-state index contributed by atoms with van der Waals surface area (Å²) in [6.45, 7) is 2.26. The summed E-state index contributed by atoms with van der Waals surface area (Å²) in [5.74, 6) is 1.33. The van der Waals surface area contributed by atoms with Crippen LogP contribution >= 0.6 is 0 Å². The topological polar surface area (TPSA) is 38.1 Å². The van der Waals surface area contributed by atoms with Gasteiger partial charge in [-0.15, -0.1) is 0 Å². The third kappa shape index (κ3) is 3.32. The van der Waals surface area contributed by atoms with Crippen LogP contribution in [0.3, 0.4) is 0 Å². The van der Waals surface area contributed by atoms with Crippen molar-refractivity contribution in [1.29, 1.82) is 0 Å². The Bertz CT molecular complexity index is 348. The summed E-state index contributed by atoms with van der Waals surface area (Å²) < 4.78 is 1.85. The Morgan fingerprint density at radius 2 is 2.29 bits per heavy atom. The van der Waals surface area contributed by atoms with E-state index in [1.165, 1.54) is 24.8 Å². The molecule has 0 radical (unpaired) electrons. The molecular formula is C14H24N2O. The van der Waals surface area contributed by atoms with Gasteiger partial charge in [0.25, 0.3) is 0 Å². The second kappa shape index (κ2) is 5.67. The molecule has 1 heterocycles. The zero-order valence-electron chi connectivity index (χ0n) is 11.0. The summed E-state index contributed by atoms with van der Waals surface area (Å²) >= 11 is 0. The molecule has 1 aliphatic carbocycles. The monoisotopic (exact) mass is 236 g/mol. The van der Waals surface area contributed by atoms with Gasteiger partial charge in [-0.1, -0.05) is 13.3 Å². The van der Waals surface area contributed by atoms with E-state index in [1.54, 1.807) is 0 Å². The standard InChI is InChI=1S/C14H24N2O/c1-3-11-5-7-14(17)13(8-11)6-4-12-9-15-16(2)10-12/h9-11,13-14,17H,3-8H2,1-2H3. The lowest BCUT2D eigenvalue weighted by Crippen LogP contribution is -2.29. The van der Waals surface area contributed by atoms with E-state index in [4.69, 9.17) is 0 Å². The number of hydrogen-bond donors (Lipinski definition) is 1. The van der Waals surface area contributed by atoms with Gasteiger partial charge in [-0.05, 0) is 49.5 Å². The molecule has 0 amide bonds. The van der Waals surface area contributed by atoms with Gasteiger partial charge in [-0.25, -0.2) is 0 Å². The van der Waals surface area contributed by atoms with E-state index in [9.17, 15) is 5.11 Å². The first-order chi connectivity index (χ1) is 8.19. The predicted octanol–water partition coefficient (Wildman–Crippen LogP) is 2.54. The minimum atomic E-state index is -0.0746. The largest absolute Gasteiger partial charge is 0.393 e. The molecular weight excluding hydrogens is 212 g/mol. The molecule has 1 fully saturated rings. The number of aromatic nitrogens is 2. The first kappa shape index (κ1) is 12.6. The molecule has 0 aromatic carbocycles. The zero-order valence-corrected chi connectivity index (χ0v) is 11.0. The maximum atomic E-state index is 10.0. The lowest BCUT2D eigenvalue weighted by atomic mass is 9.76. The Morgan fingerprint density at radius 1 is 1.47 bits per heavy atom. The van der Waals surface area contributed by atoms with Crippen LogP contribution in [0.2, 0.25) is 0 Å². The van der Waals surface area contributed by atoms with Crippen molar-refractivity contribution in [2.45, 2.75) is 51.6 Å². The van der Waals surface area contributed by atoms with Crippen LogP contribution in [0.5, 0.6) is 0 Å². The van der Waals surface area contributed by atoms with Crippen molar-refractivity contribution in [2.24, 2.45) is 18.9 Å². The molecule has 3 unspecified atom stereocenters. The summed E-state index contributed by atoms with van der Waals surface area (Å²) in [6.07, 6.45) is 10.8. The molecule has 17 heavy (non-hydrogen) atoms. The highest BCUT2D eigenvalue weighted by Gasteiger charge is 2.27. The van der Waals surface area contributed by atoms with E-state index in [-0.39, 0.29) is 6.10 Å². The lowest BCUT2D eigenvalue weighted by Gasteiger charge is -2.32. The van der Waals surface area contributed by atoms with Crippen molar-refractivity contribution in [3.63, 3.8) is 0 Å². The van der Waals surface area contributed by atoms with E-state index >= 15 is 0 Å². The summed E-state index contributed by atoms with van der Waals surface area (Å²) in [5, 5.41) is 14.2. The third-order valence-corrected chi connectivity index (χ3v) is 4.19. The van der Waals surface area contributed by atoms with E-state index in [1.807, 2.05) is 17.9 Å². The normalized spacial score (nSPS) is 29.5. The van der Waals surface area contributed by atoms with Crippen molar-refractivity contribution < 1.29 is 5.11 Å². The fourth-order valence-electron chi connectivity index (χ4n) is 2.98. The highest BCUT2D eigenvalue weighted by molar-refractivity contribution is 5.04. The summed E-state index contributed by atoms with van der Waals surface area (Å²) in [6, 6.07) is 0. The van der Waals surface area contributed by atoms with Crippen LogP contribution in [-0.4, -0.2) is 21.0 Å². The first-order valence-electron chi connectivity index (χ1n) is 6.84. The van der Waals surface area contributed by atoms with Crippen molar-refractivity contribution in [1.82, 2.24) is 9.78 Å². The molecule has 96 valence electrons. The smallest absolute Gasteiger partial charge is 0.0568 e.